The Kier molecular flexibility index (Phi) is 11.4. The molecule has 1 aliphatic rings. The predicted molar refractivity (Wildman–Crippen MR) is 180 cm³/mol. The average Bonchev–Trinajstić information content (AvgIpc) is 2.98. The quantitative estimate of drug-likeness (QED) is 0.222. The van der Waals surface area contributed by atoms with Gasteiger partial charge in [0.05, 0.1) is 0 Å². The van der Waals surface area contributed by atoms with E-state index in [0.29, 0.717) is 18.0 Å². The highest BCUT2D eigenvalue weighted by molar-refractivity contribution is 7.98. The number of nitrogens with one attached hydrogen (secondary N) is 2. The van der Waals surface area contributed by atoms with Crippen LogP contribution in [-0.2, 0) is 27.3 Å². The van der Waals surface area contributed by atoms with Gasteiger partial charge in [-0.25, -0.2) is 4.79 Å². The SMILES string of the molecule is CC(C)(C)OC(=O)N[C@H](C(=O)Nc1ccc(SCc2ccc(C(C)(C)C)cc2)c(OCc2ccccc2)c1)C1CCCCC1. The van der Waals surface area contributed by atoms with E-state index >= 15 is 0 Å². The van der Waals surface area contributed by atoms with Crippen molar-refractivity contribution < 1.29 is 19.1 Å². The normalized spacial score (nSPS) is 14.9. The molecule has 6 nitrogen and oxygen atoms in total. The maximum absolute atomic E-state index is 13.7. The van der Waals surface area contributed by atoms with Gasteiger partial charge in [-0.2, -0.15) is 0 Å². The largest absolute Gasteiger partial charge is 0.488 e. The van der Waals surface area contributed by atoms with Crippen molar-refractivity contribution in [1.82, 2.24) is 5.32 Å². The number of rotatable bonds is 10. The molecule has 236 valence electrons. The summed E-state index contributed by atoms with van der Waals surface area (Å²) in [7, 11) is 0. The number of thioether (sulfide) groups is 1. The molecule has 0 saturated heterocycles. The number of anilines is 1. The molecule has 0 spiro atoms. The maximum atomic E-state index is 13.7. The number of hydrogen-bond donors (Lipinski definition) is 2. The van der Waals surface area contributed by atoms with E-state index in [1.165, 1.54) is 11.1 Å². The van der Waals surface area contributed by atoms with Gasteiger partial charge in [0, 0.05) is 22.4 Å². The van der Waals surface area contributed by atoms with Crippen molar-refractivity contribution in [2.75, 3.05) is 5.32 Å². The lowest BCUT2D eigenvalue weighted by Crippen LogP contribution is -2.50. The summed E-state index contributed by atoms with van der Waals surface area (Å²) in [6, 6.07) is 23.9. The second-order valence-corrected chi connectivity index (χ2v) is 14.7. The molecule has 1 saturated carbocycles. The number of benzene rings is 3. The molecule has 0 bridgehead atoms. The van der Waals surface area contributed by atoms with E-state index in [1.54, 1.807) is 11.8 Å². The van der Waals surface area contributed by atoms with Gasteiger partial charge in [0.1, 0.15) is 24.0 Å². The van der Waals surface area contributed by atoms with Gasteiger partial charge in [-0.15, -0.1) is 11.8 Å². The molecule has 1 atom stereocenters. The highest BCUT2D eigenvalue weighted by Crippen LogP contribution is 2.36. The van der Waals surface area contributed by atoms with E-state index in [4.69, 9.17) is 9.47 Å². The molecule has 1 fully saturated rings. The number of alkyl carbamates (subject to hydrolysis) is 1. The highest BCUT2D eigenvalue weighted by Gasteiger charge is 2.32. The molecule has 0 radical (unpaired) electrons. The first kappa shape index (κ1) is 33.4. The summed E-state index contributed by atoms with van der Waals surface area (Å²) < 4.78 is 11.8. The van der Waals surface area contributed by atoms with Gasteiger partial charge in [-0.3, -0.25) is 4.79 Å². The van der Waals surface area contributed by atoms with Crippen LogP contribution in [0, 0.1) is 5.92 Å². The van der Waals surface area contributed by atoms with Crippen LogP contribution in [0.2, 0.25) is 0 Å². The zero-order valence-electron chi connectivity index (χ0n) is 27.1. The summed E-state index contributed by atoms with van der Waals surface area (Å²) in [5.74, 6) is 1.32. The van der Waals surface area contributed by atoms with Crippen LogP contribution in [0.3, 0.4) is 0 Å². The maximum Gasteiger partial charge on any atom is 0.408 e. The number of ether oxygens (including phenoxy) is 2. The molecule has 0 aromatic heterocycles. The van der Waals surface area contributed by atoms with E-state index in [0.717, 1.165) is 48.3 Å². The van der Waals surface area contributed by atoms with Gasteiger partial charge >= 0.3 is 6.09 Å². The minimum atomic E-state index is -0.677. The van der Waals surface area contributed by atoms with Crippen molar-refractivity contribution >= 4 is 29.4 Å². The summed E-state index contributed by atoms with van der Waals surface area (Å²) in [4.78, 5) is 27.4. The Morgan fingerprint density at radius 1 is 0.864 bits per heavy atom. The van der Waals surface area contributed by atoms with Crippen LogP contribution < -0.4 is 15.4 Å². The molecule has 0 aliphatic heterocycles. The molecule has 0 unspecified atom stereocenters. The lowest BCUT2D eigenvalue weighted by atomic mass is 9.83. The lowest BCUT2D eigenvalue weighted by Gasteiger charge is -2.31. The van der Waals surface area contributed by atoms with Crippen LogP contribution in [0.5, 0.6) is 5.75 Å². The summed E-state index contributed by atoms with van der Waals surface area (Å²) in [5, 5.41) is 5.95. The van der Waals surface area contributed by atoms with Gasteiger partial charge in [-0.1, -0.05) is 94.6 Å². The molecule has 4 rings (SSSR count). The van der Waals surface area contributed by atoms with Crippen molar-refractivity contribution in [3.63, 3.8) is 0 Å². The summed E-state index contributed by atoms with van der Waals surface area (Å²) in [6.45, 7) is 12.5. The van der Waals surface area contributed by atoms with E-state index in [1.807, 2.05) is 69.3 Å². The number of carbonyl (C=O) groups is 2. The van der Waals surface area contributed by atoms with Gasteiger partial charge in [0.2, 0.25) is 5.91 Å². The van der Waals surface area contributed by atoms with Gasteiger partial charge < -0.3 is 20.1 Å². The third-order valence-corrected chi connectivity index (χ3v) is 8.86. The fourth-order valence-electron chi connectivity index (χ4n) is 5.33. The van der Waals surface area contributed by atoms with Crippen molar-refractivity contribution in [3.8, 4) is 5.75 Å². The summed E-state index contributed by atoms with van der Waals surface area (Å²) in [6.07, 6.45) is 4.47. The van der Waals surface area contributed by atoms with Crippen LogP contribution in [-0.4, -0.2) is 23.6 Å². The first-order valence-electron chi connectivity index (χ1n) is 15.7. The van der Waals surface area contributed by atoms with Gasteiger partial charge in [0.15, 0.2) is 0 Å². The fourth-order valence-corrected chi connectivity index (χ4v) is 6.27. The predicted octanol–water partition coefficient (Wildman–Crippen LogP) is 9.27. The second-order valence-electron chi connectivity index (χ2n) is 13.7. The molecule has 3 aromatic rings. The minimum Gasteiger partial charge on any atom is -0.488 e. The Labute approximate surface area is 267 Å². The standard InChI is InChI=1S/C37H48N2O4S/c1-36(2,3)29-19-17-27(18-20-29)25-44-32-22-21-30(23-31(32)42-24-26-13-9-7-10-14-26)38-34(40)33(28-15-11-8-12-16-28)39-35(41)43-37(4,5)6/h7,9-10,13-14,17-23,28,33H,8,11-12,15-16,24-25H2,1-6H3,(H,38,40)(H,39,41)/t33-/m0/s1. The Hall–Kier alpha value is -3.45. The zero-order chi connectivity index (χ0) is 31.7. The molecular weight excluding hydrogens is 568 g/mol. The Morgan fingerprint density at radius 3 is 2.18 bits per heavy atom. The van der Waals surface area contributed by atoms with Gasteiger partial charge in [-0.05, 0) is 73.8 Å². The lowest BCUT2D eigenvalue weighted by molar-refractivity contribution is -0.119. The first-order valence-corrected chi connectivity index (χ1v) is 16.7. The molecule has 2 amide bonds. The van der Waals surface area contributed by atoms with Crippen LogP contribution >= 0.6 is 11.8 Å². The molecule has 44 heavy (non-hydrogen) atoms. The molecule has 0 heterocycles. The molecule has 2 N–H and O–H groups in total. The summed E-state index contributed by atoms with van der Waals surface area (Å²) >= 11 is 1.71. The molecule has 3 aromatic carbocycles. The number of carbonyl (C=O) groups excluding carboxylic acids is 2. The third-order valence-electron chi connectivity index (χ3n) is 7.74. The van der Waals surface area contributed by atoms with E-state index in [-0.39, 0.29) is 17.2 Å². The fraction of sp³-hybridized carbons (Fsp3) is 0.459. The van der Waals surface area contributed by atoms with Crippen molar-refractivity contribution in [1.29, 1.82) is 0 Å². The second kappa shape index (κ2) is 15.0. The zero-order valence-corrected chi connectivity index (χ0v) is 27.9. The Balaban J connectivity index is 1.52. The van der Waals surface area contributed by atoms with Crippen molar-refractivity contribution in [2.45, 2.75) is 108 Å². The molecule has 1 aliphatic carbocycles. The molecule has 7 heteroatoms. The van der Waals surface area contributed by atoms with E-state index in [2.05, 4.69) is 55.7 Å². The Morgan fingerprint density at radius 2 is 1.55 bits per heavy atom. The van der Waals surface area contributed by atoms with Crippen molar-refractivity contribution in [2.24, 2.45) is 5.92 Å². The Bertz CT molecular complexity index is 1370. The van der Waals surface area contributed by atoms with E-state index in [9.17, 15) is 9.59 Å². The van der Waals surface area contributed by atoms with Crippen LogP contribution in [0.4, 0.5) is 10.5 Å². The molecular formula is C37H48N2O4S. The monoisotopic (exact) mass is 616 g/mol. The van der Waals surface area contributed by atoms with Gasteiger partial charge in [0.25, 0.3) is 0 Å². The topological polar surface area (TPSA) is 76.7 Å². The van der Waals surface area contributed by atoms with Crippen LogP contribution in [0.15, 0.2) is 77.7 Å². The van der Waals surface area contributed by atoms with Crippen LogP contribution in [0.25, 0.3) is 0 Å². The smallest absolute Gasteiger partial charge is 0.408 e. The number of hydrogen-bond acceptors (Lipinski definition) is 5. The average molecular weight is 617 g/mol. The summed E-state index contributed by atoms with van der Waals surface area (Å²) in [5.41, 5.74) is 3.70. The number of amides is 2. The minimum absolute atomic E-state index is 0.0598. The van der Waals surface area contributed by atoms with Crippen LogP contribution in [0.1, 0.15) is 90.3 Å². The van der Waals surface area contributed by atoms with E-state index < -0.39 is 17.7 Å². The highest BCUT2D eigenvalue weighted by atomic mass is 32.2. The first-order chi connectivity index (χ1) is 20.9. The third kappa shape index (κ3) is 10.3. The van der Waals surface area contributed by atoms with Crippen molar-refractivity contribution in [3.05, 3.63) is 89.5 Å².